The van der Waals surface area contributed by atoms with Gasteiger partial charge in [0.2, 0.25) is 10.0 Å². The Morgan fingerprint density at radius 3 is 2.53 bits per heavy atom. The molecule has 0 aromatic heterocycles. The van der Waals surface area contributed by atoms with E-state index in [0.29, 0.717) is 5.56 Å². The van der Waals surface area contributed by atoms with E-state index in [1.54, 1.807) is 12.1 Å². The SMILES string of the molecule is CCNc1ccccc1C(=O)NCCNS(C)(=O)=O. The molecule has 0 unspecified atom stereocenters. The molecule has 0 fully saturated rings. The fraction of sp³-hybridized carbons (Fsp3) is 0.417. The van der Waals surface area contributed by atoms with Crippen LogP contribution in [0, 0.1) is 0 Å². The van der Waals surface area contributed by atoms with E-state index >= 15 is 0 Å². The zero-order valence-electron chi connectivity index (χ0n) is 11.1. The summed E-state index contributed by atoms with van der Waals surface area (Å²) in [6.45, 7) is 3.09. The van der Waals surface area contributed by atoms with Crippen molar-refractivity contribution in [3.63, 3.8) is 0 Å². The third-order valence-electron chi connectivity index (χ3n) is 2.31. The fourth-order valence-electron chi connectivity index (χ4n) is 1.53. The smallest absolute Gasteiger partial charge is 0.253 e. The summed E-state index contributed by atoms with van der Waals surface area (Å²) < 4.78 is 24.0. The van der Waals surface area contributed by atoms with Crippen molar-refractivity contribution in [3.8, 4) is 0 Å². The Balaban J connectivity index is 2.54. The lowest BCUT2D eigenvalue weighted by atomic mass is 10.1. The van der Waals surface area contributed by atoms with Gasteiger partial charge >= 0.3 is 0 Å². The highest BCUT2D eigenvalue weighted by molar-refractivity contribution is 7.88. The minimum absolute atomic E-state index is 0.175. The Morgan fingerprint density at radius 2 is 1.89 bits per heavy atom. The van der Waals surface area contributed by atoms with Crippen LogP contribution in [-0.4, -0.2) is 40.2 Å². The number of anilines is 1. The van der Waals surface area contributed by atoms with Gasteiger partial charge in [0.15, 0.2) is 0 Å². The molecule has 0 bridgehead atoms. The molecule has 0 aliphatic rings. The number of benzene rings is 1. The molecule has 3 N–H and O–H groups in total. The summed E-state index contributed by atoms with van der Waals surface area (Å²) in [5.74, 6) is -0.230. The molecule has 6 nitrogen and oxygen atoms in total. The van der Waals surface area contributed by atoms with Crippen molar-refractivity contribution in [2.45, 2.75) is 6.92 Å². The third kappa shape index (κ3) is 5.71. The van der Waals surface area contributed by atoms with E-state index in [0.717, 1.165) is 18.5 Å². The predicted octanol–water partition coefficient (Wildman–Crippen LogP) is 0.397. The van der Waals surface area contributed by atoms with Crippen molar-refractivity contribution in [1.29, 1.82) is 0 Å². The summed E-state index contributed by atoms with van der Waals surface area (Å²) in [4.78, 5) is 11.9. The number of sulfonamides is 1. The molecule has 0 atom stereocenters. The maximum atomic E-state index is 11.9. The molecule has 1 aromatic rings. The van der Waals surface area contributed by atoms with E-state index in [4.69, 9.17) is 0 Å². The summed E-state index contributed by atoms with van der Waals surface area (Å²) in [5.41, 5.74) is 1.31. The van der Waals surface area contributed by atoms with Gasteiger partial charge in [0.25, 0.3) is 5.91 Å². The standard InChI is InChI=1S/C12H19N3O3S/c1-3-13-11-7-5-4-6-10(11)12(16)14-8-9-15-19(2,17)18/h4-7,13,15H,3,8-9H2,1-2H3,(H,14,16). The van der Waals surface area contributed by atoms with Crippen LogP contribution in [0.25, 0.3) is 0 Å². The highest BCUT2D eigenvalue weighted by Crippen LogP contribution is 2.14. The van der Waals surface area contributed by atoms with Crippen LogP contribution in [0.2, 0.25) is 0 Å². The molecule has 0 spiro atoms. The number of hydrogen-bond acceptors (Lipinski definition) is 4. The molecule has 1 rings (SSSR count). The molecular weight excluding hydrogens is 266 g/mol. The van der Waals surface area contributed by atoms with Crippen molar-refractivity contribution < 1.29 is 13.2 Å². The second-order valence-corrected chi connectivity index (χ2v) is 5.83. The maximum Gasteiger partial charge on any atom is 0.253 e. The van der Waals surface area contributed by atoms with Crippen LogP contribution in [0.5, 0.6) is 0 Å². The molecule has 106 valence electrons. The first-order valence-electron chi connectivity index (χ1n) is 5.99. The highest BCUT2D eigenvalue weighted by Gasteiger charge is 2.09. The van der Waals surface area contributed by atoms with Crippen LogP contribution >= 0.6 is 0 Å². The number of para-hydroxylation sites is 1. The van der Waals surface area contributed by atoms with E-state index in [9.17, 15) is 13.2 Å². The van der Waals surface area contributed by atoms with Gasteiger partial charge in [-0.25, -0.2) is 13.1 Å². The zero-order valence-corrected chi connectivity index (χ0v) is 11.9. The summed E-state index contributed by atoms with van der Waals surface area (Å²) >= 11 is 0. The molecule has 0 aliphatic carbocycles. The van der Waals surface area contributed by atoms with Gasteiger partial charge < -0.3 is 10.6 Å². The van der Waals surface area contributed by atoms with E-state index in [2.05, 4.69) is 15.4 Å². The summed E-state index contributed by atoms with van der Waals surface area (Å²) in [6, 6.07) is 7.18. The quantitative estimate of drug-likeness (QED) is 0.633. The molecule has 7 heteroatoms. The van der Waals surface area contributed by atoms with Gasteiger partial charge in [0.05, 0.1) is 11.8 Å². The average molecular weight is 285 g/mol. The van der Waals surface area contributed by atoms with Crippen molar-refractivity contribution in [2.75, 3.05) is 31.2 Å². The Kier molecular flexibility index (Phi) is 5.78. The number of carbonyl (C=O) groups excluding carboxylic acids is 1. The van der Waals surface area contributed by atoms with Gasteiger partial charge in [-0.1, -0.05) is 12.1 Å². The normalized spacial score (nSPS) is 11.1. The highest BCUT2D eigenvalue weighted by atomic mass is 32.2. The van der Waals surface area contributed by atoms with Crippen LogP contribution in [0.15, 0.2) is 24.3 Å². The minimum Gasteiger partial charge on any atom is -0.385 e. The van der Waals surface area contributed by atoms with Crippen molar-refractivity contribution in [3.05, 3.63) is 29.8 Å². The Hall–Kier alpha value is -1.60. The first-order valence-corrected chi connectivity index (χ1v) is 7.89. The topological polar surface area (TPSA) is 87.3 Å². The Bertz CT molecular complexity index is 529. The van der Waals surface area contributed by atoms with Crippen LogP contribution in [0.3, 0.4) is 0 Å². The molecule has 0 radical (unpaired) electrons. The molecule has 19 heavy (non-hydrogen) atoms. The van der Waals surface area contributed by atoms with Crippen molar-refractivity contribution in [2.24, 2.45) is 0 Å². The monoisotopic (exact) mass is 285 g/mol. The Labute approximate surface area is 113 Å². The van der Waals surface area contributed by atoms with Crippen LogP contribution < -0.4 is 15.4 Å². The number of carbonyl (C=O) groups is 1. The average Bonchev–Trinajstić information content (AvgIpc) is 2.34. The number of rotatable bonds is 7. The summed E-state index contributed by atoms with van der Waals surface area (Å²) in [6.07, 6.45) is 1.08. The van der Waals surface area contributed by atoms with E-state index in [1.165, 1.54) is 0 Å². The van der Waals surface area contributed by atoms with Crippen molar-refractivity contribution >= 4 is 21.6 Å². The third-order valence-corrected chi connectivity index (χ3v) is 3.04. The second-order valence-electron chi connectivity index (χ2n) is 4.00. The lowest BCUT2D eigenvalue weighted by Crippen LogP contribution is -2.34. The second kappa shape index (κ2) is 7.10. The van der Waals surface area contributed by atoms with Gasteiger partial charge in [0, 0.05) is 25.3 Å². The van der Waals surface area contributed by atoms with Crippen LogP contribution in [0.1, 0.15) is 17.3 Å². The van der Waals surface area contributed by atoms with Gasteiger partial charge in [0.1, 0.15) is 0 Å². The van der Waals surface area contributed by atoms with E-state index in [1.807, 2.05) is 19.1 Å². The summed E-state index contributed by atoms with van der Waals surface area (Å²) in [7, 11) is -3.22. The molecule has 0 heterocycles. The lowest BCUT2D eigenvalue weighted by molar-refractivity contribution is 0.0955. The first kappa shape index (κ1) is 15.5. The zero-order chi connectivity index (χ0) is 14.3. The minimum atomic E-state index is -3.22. The van der Waals surface area contributed by atoms with Crippen LogP contribution in [0.4, 0.5) is 5.69 Å². The summed E-state index contributed by atoms with van der Waals surface area (Å²) in [5, 5.41) is 5.76. The van der Waals surface area contributed by atoms with E-state index < -0.39 is 10.0 Å². The molecule has 0 aliphatic heterocycles. The number of amides is 1. The molecule has 0 saturated heterocycles. The largest absolute Gasteiger partial charge is 0.385 e. The van der Waals surface area contributed by atoms with Gasteiger partial charge in [-0.3, -0.25) is 4.79 Å². The number of hydrogen-bond donors (Lipinski definition) is 3. The van der Waals surface area contributed by atoms with E-state index in [-0.39, 0.29) is 19.0 Å². The van der Waals surface area contributed by atoms with Gasteiger partial charge in [-0.15, -0.1) is 0 Å². The number of nitrogens with one attached hydrogen (secondary N) is 3. The molecule has 1 aromatic carbocycles. The van der Waals surface area contributed by atoms with Gasteiger partial charge in [-0.2, -0.15) is 0 Å². The predicted molar refractivity (Wildman–Crippen MR) is 75.8 cm³/mol. The van der Waals surface area contributed by atoms with Crippen molar-refractivity contribution in [1.82, 2.24) is 10.0 Å². The van der Waals surface area contributed by atoms with Crippen LogP contribution in [-0.2, 0) is 10.0 Å². The molecule has 0 saturated carbocycles. The molecular formula is C12H19N3O3S. The Morgan fingerprint density at radius 1 is 1.21 bits per heavy atom. The maximum absolute atomic E-state index is 11.9. The fourth-order valence-corrected chi connectivity index (χ4v) is 2.01. The first-order chi connectivity index (χ1) is 8.94. The van der Waals surface area contributed by atoms with Gasteiger partial charge in [-0.05, 0) is 19.1 Å². The molecule has 1 amide bonds. The lowest BCUT2D eigenvalue weighted by Gasteiger charge is -2.11.